The highest BCUT2D eigenvalue weighted by Crippen LogP contribution is 2.24. The lowest BCUT2D eigenvalue weighted by molar-refractivity contribution is -0.384. The molecule has 0 saturated carbocycles. The normalized spacial score (nSPS) is 10.4. The third-order valence-electron chi connectivity index (χ3n) is 3.11. The van der Waals surface area contributed by atoms with Crippen molar-refractivity contribution >= 4 is 28.8 Å². The Bertz CT molecular complexity index is 441. The second-order valence-electron chi connectivity index (χ2n) is 4.89. The highest BCUT2D eigenvalue weighted by atomic mass is 32.2. The van der Waals surface area contributed by atoms with Crippen LogP contribution in [0.25, 0.3) is 0 Å². The van der Waals surface area contributed by atoms with Crippen molar-refractivity contribution in [2.75, 3.05) is 35.7 Å². The summed E-state index contributed by atoms with van der Waals surface area (Å²) in [5.41, 5.74) is 1.72. The van der Waals surface area contributed by atoms with Crippen molar-refractivity contribution < 1.29 is 4.92 Å². The van der Waals surface area contributed by atoms with Gasteiger partial charge in [-0.2, -0.15) is 11.8 Å². The van der Waals surface area contributed by atoms with E-state index in [-0.39, 0.29) is 10.6 Å². The Balaban J connectivity index is 2.44. The molecule has 0 atom stereocenters. The number of nitro benzene ring substituents is 1. The number of nitrogens with one attached hydrogen (secondary N) is 2. The van der Waals surface area contributed by atoms with Gasteiger partial charge in [0, 0.05) is 36.6 Å². The van der Waals surface area contributed by atoms with Crippen LogP contribution in [0.5, 0.6) is 0 Å². The first kappa shape index (κ1) is 17.6. The van der Waals surface area contributed by atoms with Gasteiger partial charge in [0.2, 0.25) is 0 Å². The Morgan fingerprint density at radius 3 is 2.38 bits per heavy atom. The molecule has 0 fully saturated rings. The molecular weight excluding hydrogens is 286 g/mol. The Kier molecular flexibility index (Phi) is 8.66. The summed E-state index contributed by atoms with van der Waals surface area (Å²) in [5, 5.41) is 17.3. The molecule has 0 aliphatic carbocycles. The number of anilines is 2. The number of non-ortho nitro benzene ring substituents is 1. The Morgan fingerprint density at radius 2 is 1.76 bits per heavy atom. The van der Waals surface area contributed by atoms with Crippen molar-refractivity contribution in [1.29, 1.82) is 0 Å². The molecule has 5 nitrogen and oxygen atoms in total. The average Bonchev–Trinajstić information content (AvgIpc) is 2.46. The lowest BCUT2D eigenvalue weighted by Crippen LogP contribution is -2.04. The van der Waals surface area contributed by atoms with Crippen molar-refractivity contribution in [2.45, 2.75) is 32.6 Å². The first-order valence-corrected chi connectivity index (χ1v) is 8.83. The number of nitro groups is 1. The van der Waals surface area contributed by atoms with E-state index in [0.717, 1.165) is 30.9 Å². The van der Waals surface area contributed by atoms with Crippen LogP contribution in [-0.4, -0.2) is 30.0 Å². The molecule has 21 heavy (non-hydrogen) atoms. The number of thioether (sulfide) groups is 1. The van der Waals surface area contributed by atoms with E-state index in [1.54, 1.807) is 12.1 Å². The average molecular weight is 311 g/mol. The number of benzene rings is 1. The molecule has 1 aromatic rings. The molecule has 1 rings (SSSR count). The zero-order valence-corrected chi connectivity index (χ0v) is 13.7. The van der Waals surface area contributed by atoms with Crippen LogP contribution in [0.3, 0.4) is 0 Å². The molecule has 0 aromatic heterocycles. The predicted molar refractivity (Wildman–Crippen MR) is 92.6 cm³/mol. The van der Waals surface area contributed by atoms with Crippen molar-refractivity contribution in [1.82, 2.24) is 0 Å². The summed E-state index contributed by atoms with van der Waals surface area (Å²) in [6.45, 7) is 3.57. The fourth-order valence-corrected chi connectivity index (χ4v) is 2.58. The van der Waals surface area contributed by atoms with Gasteiger partial charge in [-0.3, -0.25) is 10.1 Å². The second kappa shape index (κ2) is 10.3. The highest BCUT2D eigenvalue weighted by molar-refractivity contribution is 7.98. The van der Waals surface area contributed by atoms with Crippen LogP contribution in [0.4, 0.5) is 17.1 Å². The van der Waals surface area contributed by atoms with Crippen molar-refractivity contribution in [3.8, 4) is 0 Å². The quantitative estimate of drug-likeness (QED) is 0.361. The monoisotopic (exact) mass is 311 g/mol. The smallest absolute Gasteiger partial charge is 0.273 e. The second-order valence-corrected chi connectivity index (χ2v) is 5.88. The van der Waals surface area contributed by atoms with E-state index in [1.165, 1.54) is 25.0 Å². The van der Waals surface area contributed by atoms with Gasteiger partial charge in [0.05, 0.1) is 4.92 Å². The van der Waals surface area contributed by atoms with Gasteiger partial charge in [-0.05, 0) is 37.8 Å². The fourth-order valence-electron chi connectivity index (χ4n) is 2.08. The number of hydrogen-bond acceptors (Lipinski definition) is 5. The topological polar surface area (TPSA) is 67.2 Å². The number of hydrogen-bond donors (Lipinski definition) is 2. The first-order valence-electron chi connectivity index (χ1n) is 7.43. The van der Waals surface area contributed by atoms with Gasteiger partial charge >= 0.3 is 0 Å². The van der Waals surface area contributed by atoms with E-state index in [1.807, 2.05) is 24.8 Å². The van der Waals surface area contributed by atoms with Gasteiger partial charge in [-0.1, -0.05) is 12.8 Å². The molecule has 118 valence electrons. The number of unbranched alkanes of at least 4 members (excludes halogenated alkanes) is 3. The minimum absolute atomic E-state index is 0.121. The van der Waals surface area contributed by atoms with Crippen LogP contribution in [0.1, 0.15) is 32.6 Å². The Hall–Kier alpha value is -1.43. The largest absolute Gasteiger partial charge is 0.385 e. The number of nitrogens with zero attached hydrogens (tertiary/aromatic N) is 1. The summed E-state index contributed by atoms with van der Waals surface area (Å²) in [4.78, 5) is 10.6. The maximum Gasteiger partial charge on any atom is 0.273 e. The minimum Gasteiger partial charge on any atom is -0.385 e. The lowest BCUT2D eigenvalue weighted by Gasteiger charge is -2.09. The summed E-state index contributed by atoms with van der Waals surface area (Å²) >= 11 is 1.89. The third-order valence-corrected chi connectivity index (χ3v) is 3.81. The zero-order chi connectivity index (χ0) is 15.5. The predicted octanol–water partition coefficient (Wildman–Crippen LogP) is 4.36. The van der Waals surface area contributed by atoms with Gasteiger partial charge in [0.25, 0.3) is 5.69 Å². The molecule has 0 aliphatic heterocycles. The Morgan fingerprint density at radius 1 is 1.10 bits per heavy atom. The molecular formula is C15H25N3O2S. The molecule has 0 saturated heterocycles. The summed E-state index contributed by atoms with van der Waals surface area (Å²) in [6, 6.07) is 5.08. The SMILES string of the molecule is CCNc1cc(NCCCCCCSC)cc([N+](=O)[O-])c1. The molecule has 6 heteroatoms. The van der Waals surface area contributed by atoms with Crippen LogP contribution >= 0.6 is 11.8 Å². The van der Waals surface area contributed by atoms with Crippen molar-refractivity contribution in [2.24, 2.45) is 0 Å². The summed E-state index contributed by atoms with van der Waals surface area (Å²) < 4.78 is 0. The lowest BCUT2D eigenvalue weighted by atomic mass is 10.2. The standard InChI is InChI=1S/C15H25N3O2S/c1-3-16-13-10-14(12-15(11-13)18(19)20)17-8-6-4-5-7-9-21-2/h10-12,16-17H,3-9H2,1-2H3. The van der Waals surface area contributed by atoms with Gasteiger partial charge in [-0.15, -0.1) is 0 Å². The fraction of sp³-hybridized carbons (Fsp3) is 0.600. The summed E-state index contributed by atoms with van der Waals surface area (Å²) in [5.74, 6) is 1.23. The molecule has 2 N–H and O–H groups in total. The van der Waals surface area contributed by atoms with Crippen LogP contribution in [0.2, 0.25) is 0 Å². The molecule has 0 amide bonds. The minimum atomic E-state index is -0.353. The highest BCUT2D eigenvalue weighted by Gasteiger charge is 2.09. The molecule has 0 unspecified atom stereocenters. The molecule has 0 radical (unpaired) electrons. The molecule has 0 aliphatic rings. The van der Waals surface area contributed by atoms with Crippen LogP contribution in [0, 0.1) is 10.1 Å². The first-order chi connectivity index (χ1) is 10.2. The van der Waals surface area contributed by atoms with Crippen molar-refractivity contribution in [3.05, 3.63) is 28.3 Å². The summed E-state index contributed by atoms with van der Waals surface area (Å²) in [7, 11) is 0. The van der Waals surface area contributed by atoms with Gasteiger partial charge < -0.3 is 10.6 Å². The van der Waals surface area contributed by atoms with E-state index in [2.05, 4.69) is 16.9 Å². The third kappa shape index (κ3) is 7.22. The molecule has 0 heterocycles. The maximum absolute atomic E-state index is 10.9. The molecule has 0 bridgehead atoms. The van der Waals surface area contributed by atoms with E-state index >= 15 is 0 Å². The Labute approximate surface area is 131 Å². The van der Waals surface area contributed by atoms with E-state index in [4.69, 9.17) is 0 Å². The molecule has 0 spiro atoms. The number of rotatable bonds is 11. The zero-order valence-electron chi connectivity index (χ0n) is 12.9. The summed E-state index contributed by atoms with van der Waals surface area (Å²) in [6.07, 6.45) is 6.94. The van der Waals surface area contributed by atoms with E-state index in [0.29, 0.717) is 0 Å². The van der Waals surface area contributed by atoms with Gasteiger partial charge in [0.1, 0.15) is 0 Å². The van der Waals surface area contributed by atoms with Gasteiger partial charge in [0.15, 0.2) is 0 Å². The van der Waals surface area contributed by atoms with Crippen LogP contribution in [-0.2, 0) is 0 Å². The van der Waals surface area contributed by atoms with E-state index in [9.17, 15) is 10.1 Å². The van der Waals surface area contributed by atoms with Crippen molar-refractivity contribution in [3.63, 3.8) is 0 Å². The maximum atomic E-state index is 10.9. The van der Waals surface area contributed by atoms with Crippen LogP contribution < -0.4 is 10.6 Å². The van der Waals surface area contributed by atoms with E-state index < -0.39 is 0 Å². The van der Waals surface area contributed by atoms with Crippen LogP contribution in [0.15, 0.2) is 18.2 Å². The van der Waals surface area contributed by atoms with Gasteiger partial charge in [-0.25, -0.2) is 0 Å². The molecule has 1 aromatic carbocycles.